The van der Waals surface area contributed by atoms with Crippen LogP contribution in [0.3, 0.4) is 0 Å². The highest BCUT2D eigenvalue weighted by atomic mass is 35.5. The zero-order chi connectivity index (χ0) is 23.8. The van der Waals surface area contributed by atoms with Crippen LogP contribution in [0.5, 0.6) is 0 Å². The maximum atomic E-state index is 13.4. The summed E-state index contributed by atoms with van der Waals surface area (Å²) in [7, 11) is 0. The molecule has 0 spiro atoms. The number of hydrogen-bond donors (Lipinski definition) is 1. The van der Waals surface area contributed by atoms with Crippen molar-refractivity contribution in [1.82, 2.24) is 14.8 Å². The lowest BCUT2D eigenvalue weighted by atomic mass is 10.1. The number of halogens is 2. The van der Waals surface area contributed by atoms with E-state index in [4.69, 9.17) is 11.6 Å². The number of nitro benzene ring substituents is 1. The van der Waals surface area contributed by atoms with Gasteiger partial charge in [-0.05, 0) is 60.2 Å². The van der Waals surface area contributed by atoms with E-state index in [0.29, 0.717) is 33.2 Å². The van der Waals surface area contributed by atoms with Crippen LogP contribution in [-0.2, 0) is 0 Å². The van der Waals surface area contributed by atoms with Crippen molar-refractivity contribution in [3.05, 3.63) is 110 Å². The van der Waals surface area contributed by atoms with Gasteiger partial charge in [-0.1, -0.05) is 23.7 Å². The van der Waals surface area contributed by atoms with Crippen molar-refractivity contribution in [3.8, 4) is 22.6 Å². The molecule has 3 aromatic carbocycles. The Morgan fingerprint density at radius 3 is 2.50 bits per heavy atom. The van der Waals surface area contributed by atoms with Crippen molar-refractivity contribution in [2.75, 3.05) is 5.32 Å². The summed E-state index contributed by atoms with van der Waals surface area (Å²) in [5.41, 5.74) is 1.92. The second-order valence-electron chi connectivity index (χ2n) is 7.51. The Morgan fingerprint density at radius 2 is 1.79 bits per heavy atom. The Kier molecular flexibility index (Phi) is 5.39. The minimum atomic E-state index is -0.714. The van der Waals surface area contributed by atoms with E-state index in [1.165, 1.54) is 41.1 Å². The monoisotopic (exact) mass is 475 g/mol. The number of nitrogens with one attached hydrogen (secondary N) is 1. The van der Waals surface area contributed by atoms with E-state index in [1.54, 1.807) is 18.2 Å². The first-order valence-electron chi connectivity index (χ1n) is 10.1. The van der Waals surface area contributed by atoms with E-state index < -0.39 is 22.5 Å². The smallest absolute Gasteiger partial charge is 0.300 e. The second kappa shape index (κ2) is 8.53. The molecule has 0 saturated carbocycles. The summed E-state index contributed by atoms with van der Waals surface area (Å²) < 4.78 is 14.9. The molecule has 1 aliphatic heterocycles. The van der Waals surface area contributed by atoms with Crippen molar-refractivity contribution < 1.29 is 9.31 Å². The van der Waals surface area contributed by atoms with Crippen LogP contribution in [0.2, 0.25) is 0 Å². The number of para-hydroxylation sites is 1. The summed E-state index contributed by atoms with van der Waals surface area (Å²) >= 11 is 6.70. The number of anilines is 1. The fourth-order valence-electron chi connectivity index (χ4n) is 3.68. The molecule has 2 heterocycles. The third-order valence-corrected chi connectivity index (χ3v) is 5.64. The summed E-state index contributed by atoms with van der Waals surface area (Å²) in [6.45, 7) is 0. The van der Waals surface area contributed by atoms with Gasteiger partial charge < -0.3 is 5.32 Å². The zero-order valence-electron chi connectivity index (χ0n) is 17.4. The molecule has 4 aromatic rings. The standard InChI is InChI=1S/C24H15ClFN5O3/c25-19(13-14-5-11-17(12-6-14)31(33)34)23-27-20-4-2-1-3-18(20)22-28-24(32)21(29-30(22)23)15-7-9-16(26)10-8-15/h1-13,23,27H/b19-13-/t23-/m1/s1. The predicted octanol–water partition coefficient (Wildman–Crippen LogP) is 5.22. The van der Waals surface area contributed by atoms with Crippen molar-refractivity contribution in [2.24, 2.45) is 0 Å². The average molecular weight is 476 g/mol. The molecule has 1 atom stereocenters. The maximum Gasteiger partial charge on any atom is 0.300 e. The number of fused-ring (bicyclic) bond motifs is 3. The molecule has 0 amide bonds. The topological polar surface area (TPSA) is 103 Å². The minimum Gasteiger partial charge on any atom is -0.359 e. The second-order valence-corrected chi connectivity index (χ2v) is 7.95. The Labute approximate surface area is 197 Å². The number of non-ortho nitro benzene ring substituents is 1. The molecule has 8 nitrogen and oxygen atoms in total. The molecular formula is C24H15ClFN5O3. The Hall–Kier alpha value is -4.37. The first-order chi connectivity index (χ1) is 16.4. The number of rotatable bonds is 4. The van der Waals surface area contributed by atoms with Crippen LogP contribution in [0.25, 0.3) is 28.7 Å². The molecule has 168 valence electrons. The molecule has 10 heteroatoms. The molecule has 0 aliphatic carbocycles. The van der Waals surface area contributed by atoms with Gasteiger partial charge in [-0.3, -0.25) is 14.9 Å². The van der Waals surface area contributed by atoms with Crippen molar-refractivity contribution >= 4 is 29.1 Å². The lowest BCUT2D eigenvalue weighted by Crippen LogP contribution is -2.31. The third kappa shape index (κ3) is 3.93. The van der Waals surface area contributed by atoms with Gasteiger partial charge in [0.2, 0.25) is 0 Å². The molecule has 1 N–H and O–H groups in total. The van der Waals surface area contributed by atoms with Gasteiger partial charge in [0.25, 0.3) is 11.2 Å². The van der Waals surface area contributed by atoms with Gasteiger partial charge in [0.05, 0.1) is 9.96 Å². The Balaban J connectivity index is 1.63. The normalized spacial score (nSPS) is 14.6. The number of aromatic nitrogens is 3. The SMILES string of the molecule is O=c1nc2n(nc1-c1ccc(F)cc1)[C@H](/C(Cl)=C/c1ccc([N+](=O)[O-])cc1)Nc1ccccc1-2. The molecule has 1 aromatic heterocycles. The molecule has 1 aliphatic rings. The summed E-state index contributed by atoms with van der Waals surface area (Å²) in [6, 6.07) is 18.6. The summed E-state index contributed by atoms with van der Waals surface area (Å²) in [5, 5.41) is 19.1. The lowest BCUT2D eigenvalue weighted by molar-refractivity contribution is -0.384. The zero-order valence-corrected chi connectivity index (χ0v) is 18.1. The fourth-order valence-corrected chi connectivity index (χ4v) is 3.95. The van der Waals surface area contributed by atoms with Gasteiger partial charge in [-0.25, -0.2) is 9.07 Å². The van der Waals surface area contributed by atoms with E-state index in [9.17, 15) is 19.3 Å². The third-order valence-electron chi connectivity index (χ3n) is 5.33. The lowest BCUT2D eigenvalue weighted by Gasteiger charge is -2.30. The highest BCUT2D eigenvalue weighted by Crippen LogP contribution is 2.38. The molecule has 0 radical (unpaired) electrons. The predicted molar refractivity (Wildman–Crippen MR) is 127 cm³/mol. The van der Waals surface area contributed by atoms with E-state index in [-0.39, 0.29) is 11.4 Å². The molecule has 34 heavy (non-hydrogen) atoms. The molecule has 5 rings (SSSR count). The summed E-state index contributed by atoms with van der Waals surface area (Å²) in [5.74, 6) is -0.109. The average Bonchev–Trinajstić information content (AvgIpc) is 2.84. The molecule has 0 fully saturated rings. The summed E-state index contributed by atoms with van der Waals surface area (Å²) in [6.07, 6.45) is 0.937. The Bertz CT molecular complexity index is 1500. The van der Waals surface area contributed by atoms with Crippen LogP contribution in [0.4, 0.5) is 15.8 Å². The van der Waals surface area contributed by atoms with Crippen LogP contribution >= 0.6 is 11.6 Å². The number of benzene rings is 3. The highest BCUT2D eigenvalue weighted by Gasteiger charge is 2.28. The van der Waals surface area contributed by atoms with Crippen molar-refractivity contribution in [3.63, 3.8) is 0 Å². The van der Waals surface area contributed by atoms with Gasteiger partial charge in [0.15, 0.2) is 17.7 Å². The summed E-state index contributed by atoms with van der Waals surface area (Å²) in [4.78, 5) is 27.6. The number of hydrogen-bond acceptors (Lipinski definition) is 6. The van der Waals surface area contributed by atoms with Crippen LogP contribution in [-0.4, -0.2) is 19.7 Å². The van der Waals surface area contributed by atoms with E-state index in [0.717, 1.165) is 0 Å². The van der Waals surface area contributed by atoms with Crippen molar-refractivity contribution in [2.45, 2.75) is 6.17 Å². The van der Waals surface area contributed by atoms with Gasteiger partial charge in [0, 0.05) is 28.9 Å². The quantitative estimate of drug-likeness (QED) is 0.320. The first kappa shape index (κ1) is 21.5. The van der Waals surface area contributed by atoms with E-state index in [2.05, 4.69) is 15.4 Å². The molecule has 0 unspecified atom stereocenters. The van der Waals surface area contributed by atoms with Crippen LogP contribution in [0.1, 0.15) is 11.7 Å². The number of nitro groups is 1. The molecule has 0 bridgehead atoms. The van der Waals surface area contributed by atoms with Gasteiger partial charge >= 0.3 is 0 Å². The molecule has 0 saturated heterocycles. The van der Waals surface area contributed by atoms with E-state index >= 15 is 0 Å². The molecular weight excluding hydrogens is 461 g/mol. The van der Waals surface area contributed by atoms with Crippen molar-refractivity contribution in [1.29, 1.82) is 0 Å². The van der Waals surface area contributed by atoms with Gasteiger partial charge in [0.1, 0.15) is 5.82 Å². The fraction of sp³-hybridized carbons (Fsp3) is 0.0417. The highest BCUT2D eigenvalue weighted by molar-refractivity contribution is 6.32. The van der Waals surface area contributed by atoms with Gasteiger partial charge in [-0.2, -0.15) is 10.1 Å². The minimum absolute atomic E-state index is 0.0320. The first-order valence-corrected chi connectivity index (χ1v) is 10.5. The number of nitrogens with zero attached hydrogens (tertiary/aromatic N) is 4. The van der Waals surface area contributed by atoms with Crippen LogP contribution in [0, 0.1) is 15.9 Å². The largest absolute Gasteiger partial charge is 0.359 e. The van der Waals surface area contributed by atoms with E-state index in [1.807, 2.05) is 24.3 Å². The maximum absolute atomic E-state index is 13.4. The van der Waals surface area contributed by atoms with Gasteiger partial charge in [-0.15, -0.1) is 0 Å². The Morgan fingerprint density at radius 1 is 1.09 bits per heavy atom. The van der Waals surface area contributed by atoms with Crippen LogP contribution in [0.15, 0.2) is 82.6 Å². The van der Waals surface area contributed by atoms with Crippen LogP contribution < -0.4 is 10.9 Å².